The molecule has 198 valence electrons. The van der Waals surface area contributed by atoms with Gasteiger partial charge in [-0.05, 0) is 58.3 Å². The molecule has 0 fully saturated rings. The number of hydrogen-bond acceptors (Lipinski definition) is 3. The summed E-state index contributed by atoms with van der Waals surface area (Å²) in [6.45, 7) is 7.16. The highest BCUT2D eigenvalue weighted by molar-refractivity contribution is 5.84. The van der Waals surface area contributed by atoms with E-state index in [1.54, 1.807) is 7.11 Å². The van der Waals surface area contributed by atoms with Crippen molar-refractivity contribution in [3.05, 3.63) is 120 Å². The van der Waals surface area contributed by atoms with E-state index in [2.05, 4.69) is 42.7 Å². The van der Waals surface area contributed by atoms with Crippen molar-refractivity contribution in [3.8, 4) is 11.5 Å². The molecular weight excluding hydrogens is 487 g/mol. The van der Waals surface area contributed by atoms with Gasteiger partial charge in [0.05, 0.1) is 12.7 Å². The van der Waals surface area contributed by atoms with Crippen LogP contribution in [-0.2, 0) is 6.18 Å². The number of halogens is 3. The van der Waals surface area contributed by atoms with Gasteiger partial charge in [0.15, 0.2) is 0 Å². The van der Waals surface area contributed by atoms with Crippen LogP contribution in [0.3, 0.4) is 0 Å². The molecule has 0 N–H and O–H groups in total. The summed E-state index contributed by atoms with van der Waals surface area (Å²) in [7, 11) is 3.67. The second-order valence-corrected chi connectivity index (χ2v) is 9.44. The summed E-state index contributed by atoms with van der Waals surface area (Å²) in [6.07, 6.45) is -4.08. The lowest BCUT2D eigenvalue weighted by Gasteiger charge is -2.29. The third kappa shape index (κ3) is 6.49. The average molecular weight is 520 g/mol. The van der Waals surface area contributed by atoms with Crippen molar-refractivity contribution < 1.29 is 22.6 Å². The summed E-state index contributed by atoms with van der Waals surface area (Å²) < 4.78 is 50.4. The lowest BCUT2D eigenvalue weighted by atomic mass is 9.94. The van der Waals surface area contributed by atoms with Crippen molar-refractivity contribution in [2.45, 2.75) is 31.5 Å². The van der Waals surface area contributed by atoms with E-state index >= 15 is 0 Å². The molecule has 0 aromatic heterocycles. The van der Waals surface area contributed by atoms with Gasteiger partial charge in [-0.25, -0.2) is 0 Å². The Morgan fingerprint density at radius 2 is 1.47 bits per heavy atom. The molecule has 0 aliphatic carbocycles. The molecule has 3 nitrogen and oxygen atoms in total. The van der Waals surface area contributed by atoms with Crippen LogP contribution in [0, 0.1) is 0 Å². The maximum Gasteiger partial charge on any atom is 0.416 e. The SMILES string of the molecule is C=C([C@@H](C)c1ccc2cc(OC)ccc2c1)N(C)CC[C@@H](Oc1ccc(C(F)(F)F)cc1)c1ccccc1. The lowest BCUT2D eigenvalue weighted by Crippen LogP contribution is -2.24. The molecule has 0 aliphatic rings. The largest absolute Gasteiger partial charge is 0.497 e. The number of allylic oxidation sites excluding steroid dienone is 1. The quantitative estimate of drug-likeness (QED) is 0.209. The summed E-state index contributed by atoms with van der Waals surface area (Å²) in [5, 5.41) is 2.25. The van der Waals surface area contributed by atoms with Gasteiger partial charge in [0, 0.05) is 31.6 Å². The average Bonchev–Trinajstić information content (AvgIpc) is 2.93. The Labute approximate surface area is 222 Å². The predicted octanol–water partition coefficient (Wildman–Crippen LogP) is 8.63. The molecule has 6 heteroatoms. The molecule has 4 aromatic rings. The monoisotopic (exact) mass is 519 g/mol. The van der Waals surface area contributed by atoms with E-state index < -0.39 is 11.7 Å². The summed E-state index contributed by atoms with van der Waals surface area (Å²) >= 11 is 0. The highest BCUT2D eigenvalue weighted by atomic mass is 19.4. The minimum Gasteiger partial charge on any atom is -0.497 e. The first-order chi connectivity index (χ1) is 18.2. The van der Waals surface area contributed by atoms with E-state index in [-0.39, 0.29) is 12.0 Å². The fourth-order valence-electron chi connectivity index (χ4n) is 4.46. The Morgan fingerprint density at radius 1 is 0.842 bits per heavy atom. The number of likely N-dealkylation sites (N-methyl/N-ethyl adjacent to an activating group) is 1. The normalized spacial score (nSPS) is 13.1. The Balaban J connectivity index is 1.45. The summed E-state index contributed by atoms with van der Waals surface area (Å²) in [5.41, 5.74) is 2.41. The molecule has 4 aromatic carbocycles. The summed E-state index contributed by atoms with van der Waals surface area (Å²) in [5.74, 6) is 1.32. The molecule has 2 atom stereocenters. The van der Waals surface area contributed by atoms with E-state index in [1.807, 2.05) is 49.5 Å². The van der Waals surface area contributed by atoms with Gasteiger partial charge in [0.1, 0.15) is 17.6 Å². The van der Waals surface area contributed by atoms with Gasteiger partial charge in [0.25, 0.3) is 0 Å². The Hall–Kier alpha value is -3.93. The number of nitrogens with zero attached hydrogens (tertiary/aromatic N) is 1. The third-order valence-corrected chi connectivity index (χ3v) is 6.92. The van der Waals surface area contributed by atoms with E-state index in [1.165, 1.54) is 17.7 Å². The van der Waals surface area contributed by atoms with Crippen molar-refractivity contribution in [1.29, 1.82) is 0 Å². The van der Waals surface area contributed by atoms with Gasteiger partial charge in [-0.1, -0.05) is 68.1 Å². The van der Waals surface area contributed by atoms with E-state index in [9.17, 15) is 13.2 Å². The van der Waals surface area contributed by atoms with Crippen LogP contribution in [0.15, 0.2) is 103 Å². The number of methoxy groups -OCH3 is 1. The number of hydrogen-bond donors (Lipinski definition) is 0. The first-order valence-electron chi connectivity index (χ1n) is 12.5. The fraction of sp³-hybridized carbons (Fsp3) is 0.250. The van der Waals surface area contributed by atoms with Crippen LogP contribution in [0.25, 0.3) is 10.8 Å². The molecule has 0 saturated heterocycles. The number of ether oxygens (including phenoxy) is 2. The molecular formula is C32H32F3NO2. The van der Waals surface area contributed by atoms with Crippen molar-refractivity contribution in [2.75, 3.05) is 20.7 Å². The lowest BCUT2D eigenvalue weighted by molar-refractivity contribution is -0.137. The standard InChI is InChI=1S/C32H32F3NO2/c1-22(25-10-11-27-21-30(37-4)15-12-26(27)20-25)23(2)36(3)19-18-31(24-8-6-5-7-9-24)38-29-16-13-28(14-17-29)32(33,34)35/h5-17,20-22,31H,2,18-19H2,1,3-4H3/t22-,31-/m1/s1. The molecule has 38 heavy (non-hydrogen) atoms. The van der Waals surface area contributed by atoms with Crippen LogP contribution in [0.1, 0.15) is 42.1 Å². The number of benzene rings is 4. The van der Waals surface area contributed by atoms with Crippen LogP contribution in [0.2, 0.25) is 0 Å². The molecule has 0 amide bonds. The second kappa shape index (κ2) is 11.6. The van der Waals surface area contributed by atoms with Gasteiger partial charge in [-0.3, -0.25) is 0 Å². The number of fused-ring (bicyclic) bond motifs is 1. The minimum absolute atomic E-state index is 0.0949. The summed E-state index contributed by atoms with van der Waals surface area (Å²) in [6, 6.07) is 27.0. The van der Waals surface area contributed by atoms with Crippen LogP contribution >= 0.6 is 0 Å². The molecule has 0 aliphatic heterocycles. The van der Waals surface area contributed by atoms with E-state index in [0.717, 1.165) is 39.9 Å². The van der Waals surface area contributed by atoms with Gasteiger partial charge in [-0.2, -0.15) is 13.2 Å². The third-order valence-electron chi connectivity index (χ3n) is 6.92. The second-order valence-electron chi connectivity index (χ2n) is 9.44. The maximum atomic E-state index is 13.0. The van der Waals surface area contributed by atoms with Crippen LogP contribution in [0.4, 0.5) is 13.2 Å². The molecule has 0 heterocycles. The zero-order valence-electron chi connectivity index (χ0n) is 21.8. The van der Waals surface area contributed by atoms with Crippen molar-refractivity contribution in [3.63, 3.8) is 0 Å². The zero-order chi connectivity index (χ0) is 27.3. The molecule has 0 unspecified atom stereocenters. The van der Waals surface area contributed by atoms with E-state index in [4.69, 9.17) is 9.47 Å². The van der Waals surface area contributed by atoms with Crippen LogP contribution < -0.4 is 9.47 Å². The number of alkyl halides is 3. The van der Waals surface area contributed by atoms with E-state index in [0.29, 0.717) is 18.7 Å². The van der Waals surface area contributed by atoms with Crippen molar-refractivity contribution in [2.24, 2.45) is 0 Å². The highest BCUT2D eigenvalue weighted by Crippen LogP contribution is 2.33. The van der Waals surface area contributed by atoms with Gasteiger partial charge in [-0.15, -0.1) is 0 Å². The Kier molecular flexibility index (Phi) is 8.30. The van der Waals surface area contributed by atoms with Crippen molar-refractivity contribution >= 4 is 10.8 Å². The first kappa shape index (κ1) is 27.1. The topological polar surface area (TPSA) is 21.7 Å². The smallest absolute Gasteiger partial charge is 0.416 e. The number of rotatable bonds is 10. The fourth-order valence-corrected chi connectivity index (χ4v) is 4.46. The highest BCUT2D eigenvalue weighted by Gasteiger charge is 2.30. The maximum absolute atomic E-state index is 13.0. The first-order valence-corrected chi connectivity index (χ1v) is 12.5. The van der Waals surface area contributed by atoms with Gasteiger partial charge < -0.3 is 14.4 Å². The van der Waals surface area contributed by atoms with Gasteiger partial charge >= 0.3 is 6.18 Å². The Morgan fingerprint density at radius 3 is 2.13 bits per heavy atom. The van der Waals surface area contributed by atoms with Crippen molar-refractivity contribution in [1.82, 2.24) is 4.90 Å². The zero-order valence-corrected chi connectivity index (χ0v) is 21.8. The molecule has 0 saturated carbocycles. The minimum atomic E-state index is -4.38. The molecule has 4 rings (SSSR count). The predicted molar refractivity (Wildman–Crippen MR) is 147 cm³/mol. The van der Waals surface area contributed by atoms with Crippen LogP contribution in [-0.4, -0.2) is 25.6 Å². The molecule has 0 bridgehead atoms. The molecule has 0 spiro atoms. The summed E-state index contributed by atoms with van der Waals surface area (Å²) in [4.78, 5) is 2.12. The Bertz CT molecular complexity index is 1370. The molecule has 0 radical (unpaired) electrons. The van der Waals surface area contributed by atoms with Gasteiger partial charge in [0.2, 0.25) is 0 Å². The van der Waals surface area contributed by atoms with Crippen LogP contribution in [0.5, 0.6) is 11.5 Å².